The van der Waals surface area contributed by atoms with Gasteiger partial charge in [-0.15, -0.1) is 0 Å². The van der Waals surface area contributed by atoms with Crippen LogP contribution < -0.4 is 5.32 Å². The van der Waals surface area contributed by atoms with Crippen molar-refractivity contribution >= 4 is 69.8 Å². The predicted molar refractivity (Wildman–Crippen MR) is 107 cm³/mol. The number of hydrogen-bond donors (Lipinski definition) is 1. The first kappa shape index (κ1) is 21.2. The summed E-state index contributed by atoms with van der Waals surface area (Å²) in [4.78, 5) is 12.0. The summed E-state index contributed by atoms with van der Waals surface area (Å²) in [6.07, 6.45) is 0.260. The Morgan fingerprint density at radius 2 is 1.75 bits per heavy atom. The highest BCUT2D eigenvalue weighted by atomic mass is 79.9. The molecule has 9 heteroatoms. The molecule has 0 aromatic rings. The van der Waals surface area contributed by atoms with Crippen LogP contribution in [-0.4, -0.2) is 46.9 Å². The Bertz CT molecular complexity index is 572. The molecule has 0 heterocycles. The summed E-state index contributed by atoms with van der Waals surface area (Å²) in [6.45, 7) is 5.92. The third-order valence-electron chi connectivity index (χ3n) is 4.42. The molecule has 0 aromatic heterocycles. The summed E-state index contributed by atoms with van der Waals surface area (Å²) in [5, 5.41) is 2.85. The maximum atomic E-state index is 12.0. The molecule has 0 aliphatic heterocycles. The fraction of sp³-hybridized carbons (Fsp3) is 0.800. The third kappa shape index (κ3) is 2.85. The molecule has 3 atom stereocenters. The Labute approximate surface area is 176 Å². The van der Waals surface area contributed by atoms with E-state index >= 15 is 0 Å². The molecule has 2 aliphatic rings. The number of ether oxygens (including phenoxy) is 3. The van der Waals surface area contributed by atoms with Gasteiger partial charge in [0.1, 0.15) is 14.2 Å². The van der Waals surface area contributed by atoms with E-state index in [0.29, 0.717) is 13.0 Å². The van der Waals surface area contributed by atoms with E-state index in [-0.39, 0.29) is 5.92 Å². The number of fused-ring (bicyclic) bond motifs is 2. The van der Waals surface area contributed by atoms with Gasteiger partial charge in [-0.1, -0.05) is 63.7 Å². The zero-order valence-corrected chi connectivity index (χ0v) is 20.5. The van der Waals surface area contributed by atoms with Crippen molar-refractivity contribution < 1.29 is 19.0 Å². The fourth-order valence-corrected chi connectivity index (χ4v) is 8.37. The number of halogens is 4. The van der Waals surface area contributed by atoms with Gasteiger partial charge in [-0.25, -0.2) is 4.79 Å². The Morgan fingerprint density at radius 1 is 1.21 bits per heavy atom. The molecular formula is C15H21Br4NO4. The van der Waals surface area contributed by atoms with Crippen molar-refractivity contribution in [2.24, 2.45) is 5.92 Å². The van der Waals surface area contributed by atoms with E-state index < -0.39 is 26.1 Å². The number of rotatable bonds is 4. The topological polar surface area (TPSA) is 56.8 Å². The summed E-state index contributed by atoms with van der Waals surface area (Å²) in [5.41, 5.74) is -0.534. The van der Waals surface area contributed by atoms with Crippen LogP contribution in [0.3, 0.4) is 0 Å². The molecule has 1 saturated carbocycles. The van der Waals surface area contributed by atoms with Gasteiger partial charge in [0.05, 0.1) is 0 Å². The minimum absolute atomic E-state index is 0.0139. The number of carbonyl (C=O) groups excluding carboxylic acids is 1. The van der Waals surface area contributed by atoms with Gasteiger partial charge in [0.2, 0.25) is 5.79 Å². The Hall–Kier alpha value is 0.850. The molecule has 2 aliphatic carbocycles. The standard InChI is InChI=1S/C15H21Br4NO4/c1-12(2,3)24-11(21)20-7-8-6-13(18)9(16)10(17)14(8,19)15(13,22-4)23-5/h8H,6-7H2,1-5H3,(H,20,21). The van der Waals surface area contributed by atoms with Crippen molar-refractivity contribution in [2.45, 2.75) is 47.2 Å². The van der Waals surface area contributed by atoms with Crippen LogP contribution in [0.2, 0.25) is 0 Å². The number of nitrogens with one attached hydrogen (secondary N) is 1. The van der Waals surface area contributed by atoms with Crippen LogP contribution in [0.4, 0.5) is 4.79 Å². The lowest BCUT2D eigenvalue weighted by molar-refractivity contribution is -0.213. The number of methoxy groups -OCH3 is 2. The van der Waals surface area contributed by atoms with Crippen molar-refractivity contribution in [3.05, 3.63) is 8.96 Å². The minimum Gasteiger partial charge on any atom is -0.444 e. The smallest absolute Gasteiger partial charge is 0.407 e. The Morgan fingerprint density at radius 3 is 2.17 bits per heavy atom. The quantitative estimate of drug-likeness (QED) is 0.373. The van der Waals surface area contributed by atoms with Crippen LogP contribution in [0, 0.1) is 5.92 Å². The monoisotopic (exact) mass is 595 g/mol. The van der Waals surface area contributed by atoms with Crippen molar-refractivity contribution in [1.29, 1.82) is 0 Å². The lowest BCUT2D eigenvalue weighted by atomic mass is 9.92. The predicted octanol–water partition coefficient (Wildman–Crippen LogP) is 4.80. The maximum Gasteiger partial charge on any atom is 0.407 e. The number of hydrogen-bond acceptors (Lipinski definition) is 4. The normalized spacial score (nSPS) is 34.6. The second-order valence-electron chi connectivity index (χ2n) is 6.95. The van der Waals surface area contributed by atoms with E-state index in [9.17, 15) is 4.79 Å². The molecule has 24 heavy (non-hydrogen) atoms. The first-order valence-electron chi connectivity index (χ1n) is 7.41. The Balaban J connectivity index is 2.25. The molecule has 5 nitrogen and oxygen atoms in total. The van der Waals surface area contributed by atoms with Gasteiger partial charge in [-0.05, 0) is 27.2 Å². The molecule has 0 saturated heterocycles. The van der Waals surface area contributed by atoms with Gasteiger partial charge in [0, 0.05) is 35.6 Å². The zero-order chi connectivity index (χ0) is 18.6. The minimum atomic E-state index is -0.960. The van der Waals surface area contributed by atoms with Gasteiger partial charge < -0.3 is 19.5 Å². The first-order valence-corrected chi connectivity index (χ1v) is 10.6. The van der Waals surface area contributed by atoms with E-state index in [1.165, 1.54) is 0 Å². The molecule has 1 N–H and O–H groups in total. The summed E-state index contributed by atoms with van der Waals surface area (Å²) in [7, 11) is 3.23. The van der Waals surface area contributed by atoms with Crippen LogP contribution in [0.1, 0.15) is 27.2 Å². The van der Waals surface area contributed by atoms with Gasteiger partial charge in [-0.3, -0.25) is 0 Å². The molecule has 2 bridgehead atoms. The van der Waals surface area contributed by atoms with E-state index in [1.54, 1.807) is 14.2 Å². The van der Waals surface area contributed by atoms with Crippen LogP contribution in [0.15, 0.2) is 8.96 Å². The molecular weight excluding hydrogens is 578 g/mol. The highest BCUT2D eigenvalue weighted by Crippen LogP contribution is 2.73. The van der Waals surface area contributed by atoms with Crippen LogP contribution >= 0.6 is 63.7 Å². The summed E-state index contributed by atoms with van der Waals surface area (Å²) in [6, 6.07) is 0. The van der Waals surface area contributed by atoms with Gasteiger partial charge in [-0.2, -0.15) is 0 Å². The molecule has 0 aromatic carbocycles. The van der Waals surface area contributed by atoms with Crippen LogP contribution in [-0.2, 0) is 14.2 Å². The maximum absolute atomic E-state index is 12.0. The van der Waals surface area contributed by atoms with Gasteiger partial charge in [0.25, 0.3) is 0 Å². The second-order valence-corrected chi connectivity index (χ2v) is 11.1. The lowest BCUT2D eigenvalue weighted by Gasteiger charge is -2.42. The Kier molecular flexibility index (Phi) is 5.98. The highest BCUT2D eigenvalue weighted by molar-refractivity contribution is 9.16. The van der Waals surface area contributed by atoms with E-state index in [1.807, 2.05) is 20.8 Å². The summed E-state index contributed by atoms with van der Waals surface area (Å²) < 4.78 is 17.6. The first-order chi connectivity index (χ1) is 10.9. The fourth-order valence-electron chi connectivity index (χ4n) is 3.50. The molecule has 2 rings (SSSR count). The van der Waals surface area contributed by atoms with Crippen molar-refractivity contribution in [1.82, 2.24) is 5.32 Å². The third-order valence-corrected chi connectivity index (χ3v) is 10.9. The number of carbonyl (C=O) groups is 1. The molecule has 1 fully saturated rings. The van der Waals surface area contributed by atoms with Gasteiger partial charge in [0.15, 0.2) is 0 Å². The summed E-state index contributed by atoms with van der Waals surface area (Å²) >= 11 is 14.9. The average Bonchev–Trinajstić information content (AvgIpc) is 2.74. The average molecular weight is 599 g/mol. The van der Waals surface area contributed by atoms with Crippen molar-refractivity contribution in [3.63, 3.8) is 0 Å². The van der Waals surface area contributed by atoms with Crippen molar-refractivity contribution in [3.8, 4) is 0 Å². The van der Waals surface area contributed by atoms with E-state index in [2.05, 4.69) is 69.0 Å². The van der Waals surface area contributed by atoms with E-state index in [0.717, 1.165) is 8.96 Å². The molecule has 138 valence electrons. The van der Waals surface area contributed by atoms with Gasteiger partial charge >= 0.3 is 6.09 Å². The molecule has 3 unspecified atom stereocenters. The molecule has 0 radical (unpaired) electrons. The SMILES string of the molecule is COC1(OC)C2(Br)CC(CNC(=O)OC(C)(C)C)C1(Br)C(Br)=C2Br. The van der Waals surface area contributed by atoms with Crippen LogP contribution in [0.25, 0.3) is 0 Å². The summed E-state index contributed by atoms with van der Waals surface area (Å²) in [5.74, 6) is -0.947. The lowest BCUT2D eigenvalue weighted by Crippen LogP contribution is -2.57. The second kappa shape index (κ2) is 6.78. The molecule has 1 amide bonds. The largest absolute Gasteiger partial charge is 0.444 e. The number of alkyl carbamates (subject to hydrolysis) is 1. The number of alkyl halides is 2. The zero-order valence-electron chi connectivity index (χ0n) is 14.1. The number of amides is 1. The van der Waals surface area contributed by atoms with Crippen molar-refractivity contribution in [2.75, 3.05) is 20.8 Å². The highest BCUT2D eigenvalue weighted by Gasteiger charge is 2.79. The molecule has 0 spiro atoms. The van der Waals surface area contributed by atoms with Crippen LogP contribution in [0.5, 0.6) is 0 Å². The van der Waals surface area contributed by atoms with E-state index in [4.69, 9.17) is 14.2 Å².